The van der Waals surface area contributed by atoms with Gasteiger partial charge in [-0.1, -0.05) is 52.0 Å². The lowest BCUT2D eigenvalue weighted by Gasteiger charge is -2.19. The van der Waals surface area contributed by atoms with Gasteiger partial charge in [-0.2, -0.15) is 5.26 Å². The SMILES string of the molecule is CCc1c(C#N)c(-c2ccc(C(C)(C)C)cc2)c(C(=O)O)n1C. The molecule has 0 aliphatic carbocycles. The zero-order valence-corrected chi connectivity index (χ0v) is 14.3. The van der Waals surface area contributed by atoms with E-state index < -0.39 is 5.97 Å². The Morgan fingerprint density at radius 2 is 1.83 bits per heavy atom. The highest BCUT2D eigenvalue weighted by atomic mass is 16.4. The maximum absolute atomic E-state index is 11.7. The average molecular weight is 310 g/mol. The van der Waals surface area contributed by atoms with Crippen molar-refractivity contribution in [3.63, 3.8) is 0 Å². The molecule has 1 aromatic heterocycles. The maximum atomic E-state index is 11.7. The first-order valence-electron chi connectivity index (χ1n) is 7.68. The van der Waals surface area contributed by atoms with Crippen LogP contribution in [0.4, 0.5) is 0 Å². The van der Waals surface area contributed by atoms with E-state index in [0.717, 1.165) is 11.3 Å². The van der Waals surface area contributed by atoms with E-state index in [-0.39, 0.29) is 11.1 Å². The maximum Gasteiger partial charge on any atom is 0.353 e. The van der Waals surface area contributed by atoms with E-state index in [2.05, 4.69) is 26.8 Å². The van der Waals surface area contributed by atoms with Crippen molar-refractivity contribution in [3.8, 4) is 17.2 Å². The second-order valence-electron chi connectivity index (χ2n) is 6.70. The molecule has 0 amide bonds. The molecule has 120 valence electrons. The van der Waals surface area contributed by atoms with Crippen LogP contribution in [0.2, 0.25) is 0 Å². The summed E-state index contributed by atoms with van der Waals surface area (Å²) >= 11 is 0. The molecule has 0 saturated heterocycles. The highest BCUT2D eigenvalue weighted by Crippen LogP contribution is 2.34. The normalized spacial score (nSPS) is 11.3. The van der Waals surface area contributed by atoms with E-state index in [1.165, 1.54) is 5.56 Å². The molecule has 0 fully saturated rings. The molecule has 4 heteroatoms. The van der Waals surface area contributed by atoms with Crippen LogP contribution in [0.3, 0.4) is 0 Å². The topological polar surface area (TPSA) is 66.0 Å². The molecule has 2 rings (SSSR count). The molecule has 0 unspecified atom stereocenters. The van der Waals surface area contributed by atoms with Crippen LogP contribution in [0.5, 0.6) is 0 Å². The molecule has 0 atom stereocenters. The summed E-state index contributed by atoms with van der Waals surface area (Å²) in [6, 6.07) is 10.0. The fourth-order valence-corrected chi connectivity index (χ4v) is 2.94. The quantitative estimate of drug-likeness (QED) is 0.927. The predicted molar refractivity (Wildman–Crippen MR) is 90.6 cm³/mol. The van der Waals surface area contributed by atoms with E-state index in [9.17, 15) is 15.2 Å². The number of carboxylic acids is 1. The molecule has 0 saturated carbocycles. The first-order chi connectivity index (χ1) is 10.7. The Morgan fingerprint density at radius 1 is 1.26 bits per heavy atom. The molecule has 23 heavy (non-hydrogen) atoms. The fourth-order valence-electron chi connectivity index (χ4n) is 2.94. The minimum absolute atomic E-state index is 0.0253. The molecule has 0 bridgehead atoms. The summed E-state index contributed by atoms with van der Waals surface area (Å²) in [6.07, 6.45) is 0.611. The van der Waals surface area contributed by atoms with E-state index in [1.54, 1.807) is 11.6 Å². The molecule has 4 nitrogen and oxygen atoms in total. The van der Waals surface area contributed by atoms with Crippen molar-refractivity contribution in [2.45, 2.75) is 39.5 Å². The van der Waals surface area contributed by atoms with Gasteiger partial charge in [0.2, 0.25) is 0 Å². The van der Waals surface area contributed by atoms with Gasteiger partial charge in [0.25, 0.3) is 0 Å². The van der Waals surface area contributed by atoms with Crippen LogP contribution in [0, 0.1) is 11.3 Å². The van der Waals surface area contributed by atoms with Crippen molar-refractivity contribution >= 4 is 5.97 Å². The molecule has 1 N–H and O–H groups in total. The predicted octanol–water partition coefficient (Wildman–Crippen LogP) is 4.12. The Morgan fingerprint density at radius 3 is 2.22 bits per heavy atom. The monoisotopic (exact) mass is 310 g/mol. The number of nitriles is 1. The average Bonchev–Trinajstić information content (AvgIpc) is 2.78. The lowest BCUT2D eigenvalue weighted by Crippen LogP contribution is -2.10. The second-order valence-corrected chi connectivity index (χ2v) is 6.70. The van der Waals surface area contributed by atoms with Gasteiger partial charge < -0.3 is 9.67 Å². The summed E-state index contributed by atoms with van der Waals surface area (Å²) in [4.78, 5) is 11.7. The number of carbonyl (C=O) groups is 1. The lowest BCUT2D eigenvalue weighted by atomic mass is 9.86. The minimum atomic E-state index is -1.02. The number of carboxylic acid groups (broad SMARTS) is 1. The van der Waals surface area contributed by atoms with Gasteiger partial charge in [0.1, 0.15) is 11.8 Å². The van der Waals surface area contributed by atoms with Crippen LogP contribution in [-0.4, -0.2) is 15.6 Å². The first-order valence-corrected chi connectivity index (χ1v) is 7.68. The van der Waals surface area contributed by atoms with Gasteiger partial charge in [-0.3, -0.25) is 0 Å². The van der Waals surface area contributed by atoms with Crippen molar-refractivity contribution in [2.24, 2.45) is 7.05 Å². The molecule has 0 aliphatic rings. The van der Waals surface area contributed by atoms with Gasteiger partial charge in [0.15, 0.2) is 0 Å². The Hall–Kier alpha value is -2.54. The summed E-state index contributed by atoms with van der Waals surface area (Å²) in [5.41, 5.74) is 3.85. The highest BCUT2D eigenvalue weighted by molar-refractivity contribution is 5.97. The number of hydrogen-bond acceptors (Lipinski definition) is 2. The Balaban J connectivity index is 2.72. The van der Waals surface area contributed by atoms with E-state index in [4.69, 9.17) is 0 Å². The fraction of sp³-hybridized carbons (Fsp3) is 0.368. The van der Waals surface area contributed by atoms with E-state index >= 15 is 0 Å². The third-order valence-electron chi connectivity index (χ3n) is 4.20. The van der Waals surface area contributed by atoms with Gasteiger partial charge in [-0.05, 0) is 23.0 Å². The van der Waals surface area contributed by atoms with Crippen LogP contribution in [0.15, 0.2) is 24.3 Å². The molecule has 0 radical (unpaired) electrons. The number of nitrogens with zero attached hydrogens (tertiary/aromatic N) is 2. The Kier molecular flexibility index (Phi) is 4.33. The van der Waals surface area contributed by atoms with Gasteiger partial charge in [0, 0.05) is 18.3 Å². The van der Waals surface area contributed by atoms with Gasteiger partial charge >= 0.3 is 5.97 Å². The minimum Gasteiger partial charge on any atom is -0.477 e. The van der Waals surface area contributed by atoms with E-state index in [0.29, 0.717) is 17.5 Å². The summed E-state index contributed by atoms with van der Waals surface area (Å²) < 4.78 is 1.62. The zero-order chi connectivity index (χ0) is 17.4. The number of aromatic carboxylic acids is 1. The molecular formula is C19H22N2O2. The van der Waals surface area contributed by atoms with Crippen molar-refractivity contribution in [1.82, 2.24) is 4.57 Å². The van der Waals surface area contributed by atoms with Crippen LogP contribution < -0.4 is 0 Å². The molecule has 0 aliphatic heterocycles. The van der Waals surface area contributed by atoms with Crippen molar-refractivity contribution in [1.29, 1.82) is 5.26 Å². The summed E-state index contributed by atoms with van der Waals surface area (Å²) in [6.45, 7) is 8.31. The first kappa shape index (κ1) is 16.8. The summed E-state index contributed by atoms with van der Waals surface area (Å²) in [7, 11) is 1.70. The number of rotatable bonds is 3. The second kappa shape index (κ2) is 5.92. The third-order valence-corrected chi connectivity index (χ3v) is 4.20. The zero-order valence-electron chi connectivity index (χ0n) is 14.3. The molecule has 0 spiro atoms. The summed E-state index contributed by atoms with van der Waals surface area (Å²) in [5.74, 6) is -1.02. The molecular weight excluding hydrogens is 288 g/mol. The number of benzene rings is 1. The van der Waals surface area contributed by atoms with E-state index in [1.807, 2.05) is 31.2 Å². The number of hydrogen-bond donors (Lipinski definition) is 1. The van der Waals surface area contributed by atoms with Gasteiger partial charge in [-0.15, -0.1) is 0 Å². The molecule has 2 aromatic rings. The lowest BCUT2D eigenvalue weighted by molar-refractivity contribution is 0.0687. The van der Waals surface area contributed by atoms with Crippen molar-refractivity contribution in [2.75, 3.05) is 0 Å². The van der Waals surface area contributed by atoms with Crippen LogP contribution in [0.25, 0.3) is 11.1 Å². The third kappa shape index (κ3) is 2.87. The molecule has 1 heterocycles. The van der Waals surface area contributed by atoms with Crippen LogP contribution >= 0.6 is 0 Å². The highest BCUT2D eigenvalue weighted by Gasteiger charge is 2.25. The van der Waals surface area contributed by atoms with Crippen LogP contribution in [-0.2, 0) is 18.9 Å². The Labute approximate surface area is 137 Å². The number of aromatic nitrogens is 1. The van der Waals surface area contributed by atoms with Gasteiger partial charge in [0.05, 0.1) is 5.56 Å². The summed E-state index contributed by atoms with van der Waals surface area (Å²) in [5, 5.41) is 19.1. The molecule has 1 aromatic carbocycles. The van der Waals surface area contributed by atoms with Crippen LogP contribution in [0.1, 0.15) is 55.0 Å². The van der Waals surface area contributed by atoms with Gasteiger partial charge in [-0.25, -0.2) is 4.79 Å². The van der Waals surface area contributed by atoms with Crippen molar-refractivity contribution < 1.29 is 9.90 Å². The van der Waals surface area contributed by atoms with Crippen molar-refractivity contribution in [3.05, 3.63) is 46.8 Å². The largest absolute Gasteiger partial charge is 0.477 e. The Bertz CT molecular complexity index is 785. The standard InChI is InChI=1S/C19H22N2O2/c1-6-15-14(11-20)16(17(18(22)23)21(15)5)12-7-9-13(10-8-12)19(2,3)4/h7-10H,6H2,1-5H3,(H,22,23). The smallest absolute Gasteiger partial charge is 0.353 e.